The van der Waals surface area contributed by atoms with Crippen LogP contribution in [0.4, 0.5) is 11.5 Å². The normalized spacial score (nSPS) is 14.6. The molecule has 34 heavy (non-hydrogen) atoms. The Labute approximate surface area is 201 Å². The van der Waals surface area contributed by atoms with E-state index in [4.69, 9.17) is 16.6 Å². The second-order valence-corrected chi connectivity index (χ2v) is 8.89. The van der Waals surface area contributed by atoms with Gasteiger partial charge in [-0.1, -0.05) is 41.9 Å². The second-order valence-electron chi connectivity index (χ2n) is 8.50. The monoisotopic (exact) mass is 470 g/mol. The zero-order valence-corrected chi connectivity index (χ0v) is 19.2. The molecule has 0 unspecified atom stereocenters. The van der Waals surface area contributed by atoms with Gasteiger partial charge in [0.05, 0.1) is 16.6 Å². The van der Waals surface area contributed by atoms with Crippen molar-refractivity contribution < 1.29 is 0 Å². The van der Waals surface area contributed by atoms with Gasteiger partial charge in [-0.15, -0.1) is 0 Å². The van der Waals surface area contributed by atoms with Crippen molar-refractivity contribution in [2.45, 2.75) is 6.42 Å². The van der Waals surface area contributed by atoms with Crippen LogP contribution in [0.5, 0.6) is 0 Å². The first kappa shape index (κ1) is 20.7. The number of imidazole rings is 1. The van der Waals surface area contributed by atoms with Gasteiger partial charge in [-0.25, -0.2) is 9.97 Å². The Hall–Kier alpha value is -3.84. The van der Waals surface area contributed by atoms with E-state index in [-0.39, 0.29) is 5.56 Å². The number of H-pyrrole nitrogens is 2. The molecule has 0 spiro atoms. The van der Waals surface area contributed by atoms with Gasteiger partial charge in [0.2, 0.25) is 0 Å². The first-order valence-electron chi connectivity index (χ1n) is 11.4. The van der Waals surface area contributed by atoms with Crippen molar-refractivity contribution in [3.63, 3.8) is 0 Å². The predicted octanol–water partition coefficient (Wildman–Crippen LogP) is 4.79. The van der Waals surface area contributed by atoms with Crippen LogP contribution in [-0.4, -0.2) is 46.1 Å². The molecule has 2 N–H and O–H groups in total. The van der Waals surface area contributed by atoms with E-state index in [0.29, 0.717) is 16.5 Å². The number of nitrogens with one attached hydrogen (secondary N) is 2. The smallest absolute Gasteiger partial charge is 0.260 e. The number of anilines is 2. The molecule has 0 bridgehead atoms. The van der Waals surface area contributed by atoms with E-state index in [1.807, 2.05) is 48.5 Å². The van der Waals surface area contributed by atoms with E-state index >= 15 is 0 Å². The van der Waals surface area contributed by atoms with Gasteiger partial charge in [0.25, 0.3) is 5.56 Å². The predicted molar refractivity (Wildman–Crippen MR) is 137 cm³/mol. The highest BCUT2D eigenvalue weighted by Crippen LogP contribution is 2.30. The first-order valence-corrected chi connectivity index (χ1v) is 11.8. The minimum Gasteiger partial charge on any atom is -0.370 e. The minimum atomic E-state index is -0.136. The van der Waals surface area contributed by atoms with Crippen molar-refractivity contribution >= 4 is 34.1 Å². The molecule has 3 aliphatic rings. The van der Waals surface area contributed by atoms with Gasteiger partial charge >= 0.3 is 0 Å². The largest absolute Gasteiger partial charge is 0.370 e. The van der Waals surface area contributed by atoms with Crippen molar-refractivity contribution in [3.8, 4) is 22.6 Å². The fourth-order valence-corrected chi connectivity index (χ4v) is 4.87. The Kier molecular flexibility index (Phi) is 5.19. The summed E-state index contributed by atoms with van der Waals surface area (Å²) in [4.78, 5) is 32.9. The minimum absolute atomic E-state index is 0.136. The first-order chi connectivity index (χ1) is 16.7. The molecule has 8 heteroatoms. The molecule has 0 amide bonds. The summed E-state index contributed by atoms with van der Waals surface area (Å²) >= 11 is 6.09. The fourth-order valence-electron chi connectivity index (χ4n) is 4.71. The number of benzene rings is 1. The van der Waals surface area contributed by atoms with Crippen LogP contribution in [0.25, 0.3) is 33.7 Å². The lowest BCUT2D eigenvalue weighted by molar-refractivity contribution is 0.798. The molecule has 1 aromatic carbocycles. The average Bonchev–Trinajstić information content (AvgIpc) is 3.15. The molecule has 0 atom stereocenters. The molecule has 3 aromatic rings. The Morgan fingerprint density at radius 3 is 2.59 bits per heavy atom. The van der Waals surface area contributed by atoms with Crippen molar-refractivity contribution in [2.24, 2.45) is 0 Å². The molecule has 1 aliphatic carbocycles. The Balaban J connectivity index is 1.28. The molecule has 170 valence electrons. The van der Waals surface area contributed by atoms with E-state index in [0.717, 1.165) is 66.4 Å². The lowest BCUT2D eigenvalue weighted by atomic mass is 10.1. The fraction of sp³-hybridized carbons (Fsp3) is 0.192. The maximum Gasteiger partial charge on any atom is 0.260 e. The van der Waals surface area contributed by atoms with Gasteiger partial charge < -0.3 is 19.8 Å². The number of pyridine rings is 1. The number of rotatable bonds is 3. The van der Waals surface area contributed by atoms with E-state index in [1.54, 1.807) is 6.07 Å². The van der Waals surface area contributed by atoms with Crippen LogP contribution in [-0.2, 0) is 0 Å². The molecule has 2 aliphatic heterocycles. The molecule has 0 radical (unpaired) electrons. The second kappa shape index (κ2) is 8.50. The Morgan fingerprint density at radius 1 is 0.824 bits per heavy atom. The molecule has 1 saturated heterocycles. The summed E-state index contributed by atoms with van der Waals surface area (Å²) in [7, 11) is 0. The number of fused-ring (bicyclic) bond motifs is 2. The van der Waals surface area contributed by atoms with E-state index in [2.05, 4.69) is 36.9 Å². The van der Waals surface area contributed by atoms with Crippen LogP contribution >= 0.6 is 11.6 Å². The number of halogens is 1. The topological polar surface area (TPSA) is 80.9 Å². The molecule has 4 heterocycles. The van der Waals surface area contributed by atoms with Crippen molar-refractivity contribution in [1.29, 1.82) is 0 Å². The highest BCUT2D eigenvalue weighted by atomic mass is 35.5. The molecule has 0 saturated carbocycles. The van der Waals surface area contributed by atoms with Gasteiger partial charge in [0, 0.05) is 43.1 Å². The van der Waals surface area contributed by atoms with Gasteiger partial charge in [-0.05, 0) is 42.8 Å². The average molecular weight is 471 g/mol. The summed E-state index contributed by atoms with van der Waals surface area (Å²) in [5.74, 6) is 1.51. The lowest BCUT2D eigenvalue weighted by Crippen LogP contribution is -2.31. The van der Waals surface area contributed by atoms with E-state index < -0.39 is 0 Å². The summed E-state index contributed by atoms with van der Waals surface area (Å²) in [6, 6.07) is 21.6. The quantitative estimate of drug-likeness (QED) is 0.370. The Bertz CT molecular complexity index is 1510. The highest BCUT2D eigenvalue weighted by Gasteiger charge is 2.20. The zero-order valence-electron chi connectivity index (χ0n) is 18.5. The third kappa shape index (κ3) is 3.78. The maximum absolute atomic E-state index is 12.7. The van der Waals surface area contributed by atoms with Crippen LogP contribution < -0.4 is 15.4 Å². The SMILES string of the molecule is O=c1[nH]c2cccccc-2c1-c1nc2ccc(N3CCCN(c4cccc(Cl)n4)CC3)cc2[nH]1. The van der Waals surface area contributed by atoms with Crippen LogP contribution in [0.1, 0.15) is 6.42 Å². The maximum atomic E-state index is 12.7. The summed E-state index contributed by atoms with van der Waals surface area (Å²) in [5.41, 5.74) is 4.99. The molecule has 2 aromatic heterocycles. The van der Waals surface area contributed by atoms with Gasteiger partial charge in [0.15, 0.2) is 0 Å². The van der Waals surface area contributed by atoms with Gasteiger partial charge in [-0.3, -0.25) is 4.79 Å². The van der Waals surface area contributed by atoms with Crippen LogP contribution in [0.2, 0.25) is 5.15 Å². The number of aromatic nitrogens is 4. The Morgan fingerprint density at radius 2 is 1.68 bits per heavy atom. The van der Waals surface area contributed by atoms with Crippen LogP contribution in [0, 0.1) is 0 Å². The highest BCUT2D eigenvalue weighted by molar-refractivity contribution is 6.29. The molecule has 7 nitrogen and oxygen atoms in total. The third-order valence-corrected chi connectivity index (χ3v) is 6.58. The molecular formula is C26H23ClN6O. The zero-order chi connectivity index (χ0) is 23.1. The standard InChI is InChI=1S/C26H23ClN6O/c27-22-8-4-9-23(31-22)33-13-5-12-32(14-15-33)17-10-11-20-21(16-17)29-25(28-20)24-18-6-2-1-3-7-19(18)30-26(24)34/h1-4,6-11,16H,5,12-15H2,(H,28,29)(H,30,34). The molecular weight excluding hydrogens is 448 g/mol. The number of hydrogen-bond acceptors (Lipinski definition) is 5. The number of hydrogen-bond donors (Lipinski definition) is 2. The number of nitrogens with zero attached hydrogens (tertiary/aromatic N) is 4. The summed E-state index contributed by atoms with van der Waals surface area (Å²) in [6.45, 7) is 3.63. The summed E-state index contributed by atoms with van der Waals surface area (Å²) < 4.78 is 0. The van der Waals surface area contributed by atoms with Crippen molar-refractivity contribution in [1.82, 2.24) is 19.9 Å². The van der Waals surface area contributed by atoms with Gasteiger partial charge in [-0.2, -0.15) is 0 Å². The van der Waals surface area contributed by atoms with Crippen molar-refractivity contribution in [3.05, 3.63) is 82.2 Å². The number of aromatic amines is 2. The van der Waals surface area contributed by atoms with E-state index in [1.165, 1.54) is 0 Å². The summed E-state index contributed by atoms with van der Waals surface area (Å²) in [6.07, 6.45) is 1.02. The third-order valence-electron chi connectivity index (χ3n) is 6.37. The lowest BCUT2D eigenvalue weighted by Gasteiger charge is -2.24. The van der Waals surface area contributed by atoms with Crippen molar-refractivity contribution in [2.75, 3.05) is 36.0 Å². The van der Waals surface area contributed by atoms with E-state index in [9.17, 15) is 4.79 Å². The summed E-state index contributed by atoms with van der Waals surface area (Å²) in [5, 5.41) is 0.518. The molecule has 6 rings (SSSR count). The van der Waals surface area contributed by atoms with Crippen LogP contribution in [0.3, 0.4) is 0 Å². The van der Waals surface area contributed by atoms with Crippen LogP contribution in [0.15, 0.2) is 71.5 Å². The van der Waals surface area contributed by atoms with Gasteiger partial charge in [0.1, 0.15) is 16.8 Å². The molecule has 1 fully saturated rings.